The number of aromatic nitrogens is 1. The maximum atomic E-state index is 8.84. The molecule has 8 aromatic carbocycles. The normalized spacial score (nSPS) is 13.2. The maximum Gasteiger partial charge on any atom is 0.159 e. The molecule has 0 radical (unpaired) electrons. The second-order valence-electron chi connectivity index (χ2n) is 12.9. The van der Waals surface area contributed by atoms with Gasteiger partial charge in [-0.25, -0.2) is 0 Å². The number of fused-ring (bicyclic) bond motifs is 9. The van der Waals surface area contributed by atoms with Crippen molar-refractivity contribution in [1.82, 2.24) is 4.57 Å². The Morgan fingerprint density at radius 1 is 0.442 bits per heavy atom. The minimum atomic E-state index is -0.419. The van der Waals surface area contributed by atoms with Crippen LogP contribution in [0, 0.1) is 0 Å². The van der Waals surface area contributed by atoms with Gasteiger partial charge in [0.25, 0.3) is 0 Å². The van der Waals surface area contributed by atoms with Crippen LogP contribution in [0.1, 0.15) is 6.85 Å². The molecule has 244 valence electrons. The molecule has 0 saturated carbocycles. The second kappa shape index (κ2) is 11.2. The maximum absolute atomic E-state index is 8.84. The highest BCUT2D eigenvalue weighted by Gasteiger charge is 2.23. The lowest BCUT2D eigenvalue weighted by Crippen LogP contribution is -2.10. The third-order valence-corrected chi connectivity index (χ3v) is 10.1. The largest absolute Gasteiger partial charge is 0.454 e. The number of benzene rings is 8. The molecule has 11 aromatic rings. The average Bonchev–Trinajstić information content (AvgIpc) is 3.93. The summed E-state index contributed by atoms with van der Waals surface area (Å²) in [5.74, 6) is 0. The van der Waals surface area contributed by atoms with Gasteiger partial charge in [0.2, 0.25) is 0 Å². The molecule has 3 heterocycles. The minimum Gasteiger partial charge on any atom is -0.454 e. The van der Waals surface area contributed by atoms with Crippen molar-refractivity contribution in [2.45, 2.75) is 0 Å². The smallest absolute Gasteiger partial charge is 0.159 e. The van der Waals surface area contributed by atoms with Gasteiger partial charge >= 0.3 is 0 Å². The van der Waals surface area contributed by atoms with Crippen molar-refractivity contribution < 1.29 is 15.7 Å². The van der Waals surface area contributed by atoms with Crippen molar-refractivity contribution in [2.24, 2.45) is 0 Å². The van der Waals surface area contributed by atoms with Crippen LogP contribution in [0.4, 0.5) is 17.1 Å². The van der Waals surface area contributed by atoms with Crippen LogP contribution in [-0.2, 0) is 0 Å². The van der Waals surface area contributed by atoms with Crippen molar-refractivity contribution in [3.8, 4) is 16.8 Å². The zero-order chi connectivity index (χ0) is 38.5. The van der Waals surface area contributed by atoms with Gasteiger partial charge in [-0.1, -0.05) is 121 Å². The number of para-hydroxylation sites is 6. The Morgan fingerprint density at radius 2 is 0.981 bits per heavy atom. The van der Waals surface area contributed by atoms with E-state index in [1.807, 2.05) is 72.8 Å². The summed E-state index contributed by atoms with van der Waals surface area (Å²) in [5, 5.41) is 5.97. The van der Waals surface area contributed by atoms with Crippen LogP contribution < -0.4 is 4.90 Å². The van der Waals surface area contributed by atoms with Crippen LogP contribution in [0.15, 0.2) is 191 Å². The Bertz CT molecular complexity index is 3290. The first kappa shape index (κ1) is 24.2. The molecule has 0 amide bonds. The van der Waals surface area contributed by atoms with Crippen LogP contribution in [0.3, 0.4) is 0 Å². The van der Waals surface area contributed by atoms with Gasteiger partial charge in [-0.05, 0) is 71.7 Å². The number of hydrogen-bond donors (Lipinski definition) is 0. The molecule has 0 N–H and O–H groups in total. The monoisotopic (exact) mass is 671 g/mol. The van der Waals surface area contributed by atoms with Crippen molar-refractivity contribution in [3.63, 3.8) is 0 Å². The summed E-state index contributed by atoms with van der Waals surface area (Å²) >= 11 is 0. The van der Waals surface area contributed by atoms with E-state index in [4.69, 9.17) is 15.7 Å². The summed E-state index contributed by atoms with van der Waals surface area (Å²) in [6, 6.07) is 49.2. The van der Waals surface area contributed by atoms with Crippen molar-refractivity contribution in [3.05, 3.63) is 182 Å². The molecule has 4 heteroatoms. The molecule has 0 aliphatic carbocycles. The Hall–Kier alpha value is -7.04. The molecule has 0 spiro atoms. The summed E-state index contributed by atoms with van der Waals surface area (Å²) in [7, 11) is 0. The summed E-state index contributed by atoms with van der Waals surface area (Å²) in [4.78, 5) is 2.19. The minimum absolute atomic E-state index is 0.120. The first-order valence-electron chi connectivity index (χ1n) is 19.7. The molecular weight excluding hydrogens is 637 g/mol. The van der Waals surface area contributed by atoms with E-state index in [2.05, 4.69) is 83.8 Å². The van der Waals surface area contributed by atoms with E-state index in [1.54, 1.807) is 4.57 Å². The molecule has 0 bridgehead atoms. The molecule has 0 saturated heterocycles. The van der Waals surface area contributed by atoms with Gasteiger partial charge in [-0.2, -0.15) is 0 Å². The van der Waals surface area contributed by atoms with E-state index in [0.717, 1.165) is 93.9 Å². The van der Waals surface area contributed by atoms with Crippen LogP contribution >= 0.6 is 0 Å². The molecule has 0 atom stereocenters. The summed E-state index contributed by atoms with van der Waals surface area (Å²) < 4.78 is 57.7. The first-order valence-corrected chi connectivity index (χ1v) is 17.2. The van der Waals surface area contributed by atoms with Crippen LogP contribution in [-0.4, -0.2) is 4.57 Å². The first-order chi connectivity index (χ1) is 27.9. The van der Waals surface area contributed by atoms with E-state index in [-0.39, 0.29) is 29.9 Å². The SMILES string of the molecule is [2H]c1c([2H])c([2H])c(-n2c3ccccc3c3ccc(-c4ccc(N(c5cccc6c5oc5ccccc56)c5cccc6c5oc5ccccc56)cc4)cc32)c([2H])c1[2H]. The quantitative estimate of drug-likeness (QED) is 0.183. The Labute approximate surface area is 306 Å². The second-order valence-corrected chi connectivity index (χ2v) is 12.9. The lowest BCUT2D eigenvalue weighted by molar-refractivity contribution is 0.666. The topological polar surface area (TPSA) is 34.5 Å². The zero-order valence-corrected chi connectivity index (χ0v) is 27.6. The van der Waals surface area contributed by atoms with Crippen molar-refractivity contribution in [2.75, 3.05) is 4.90 Å². The zero-order valence-electron chi connectivity index (χ0n) is 32.6. The van der Waals surface area contributed by atoms with Crippen molar-refractivity contribution in [1.29, 1.82) is 0 Å². The molecule has 52 heavy (non-hydrogen) atoms. The van der Waals surface area contributed by atoms with E-state index >= 15 is 0 Å². The van der Waals surface area contributed by atoms with Gasteiger partial charge in [-0.15, -0.1) is 0 Å². The number of furan rings is 2. The fourth-order valence-corrected chi connectivity index (χ4v) is 7.77. The summed E-state index contributed by atoms with van der Waals surface area (Å²) in [6.45, 7) is 0. The van der Waals surface area contributed by atoms with Crippen LogP contribution in [0.5, 0.6) is 0 Å². The fourth-order valence-electron chi connectivity index (χ4n) is 7.77. The molecule has 0 fully saturated rings. The Morgan fingerprint density at radius 3 is 1.63 bits per heavy atom. The van der Waals surface area contributed by atoms with Gasteiger partial charge in [0.1, 0.15) is 11.2 Å². The molecule has 11 rings (SSSR count). The van der Waals surface area contributed by atoms with E-state index in [0.29, 0.717) is 0 Å². The highest BCUT2D eigenvalue weighted by Crippen LogP contribution is 2.46. The fraction of sp³-hybridized carbons (Fsp3) is 0. The van der Waals surface area contributed by atoms with Crippen LogP contribution in [0.25, 0.3) is 82.5 Å². The number of anilines is 3. The Balaban J connectivity index is 1.11. The highest BCUT2D eigenvalue weighted by molar-refractivity contribution is 6.14. The van der Waals surface area contributed by atoms with Crippen molar-refractivity contribution >= 4 is 82.7 Å². The summed E-state index contributed by atoms with van der Waals surface area (Å²) in [5.41, 5.74) is 9.27. The Kier molecular flexibility index (Phi) is 5.22. The van der Waals surface area contributed by atoms with Gasteiger partial charge < -0.3 is 18.3 Å². The molecule has 0 aliphatic heterocycles. The lowest BCUT2D eigenvalue weighted by Gasteiger charge is -2.25. The van der Waals surface area contributed by atoms with E-state index in [1.165, 1.54) is 0 Å². The molecule has 4 nitrogen and oxygen atoms in total. The van der Waals surface area contributed by atoms with Gasteiger partial charge in [-0.3, -0.25) is 0 Å². The predicted octanol–water partition coefficient (Wildman–Crippen LogP) is 13.7. The van der Waals surface area contributed by atoms with Crippen LogP contribution in [0.2, 0.25) is 0 Å². The third kappa shape index (κ3) is 4.28. The molecular formula is C48H30N2O2. The van der Waals surface area contributed by atoms with Gasteiger partial charge in [0, 0.05) is 43.7 Å². The molecule has 0 unspecified atom stereocenters. The molecule has 3 aromatic heterocycles. The van der Waals surface area contributed by atoms with E-state index in [9.17, 15) is 0 Å². The lowest BCUT2D eigenvalue weighted by atomic mass is 10.0. The number of rotatable bonds is 5. The third-order valence-electron chi connectivity index (χ3n) is 10.1. The predicted molar refractivity (Wildman–Crippen MR) is 215 cm³/mol. The average molecular weight is 672 g/mol. The standard InChI is InChI=1S/C48H30N2O2/c1-2-12-33(13-3-1)49-41-19-7-4-14-35(41)36-29-26-32(30-44(36)49)31-24-27-34(28-25-31)50(42-20-10-17-39-37-15-5-8-22-45(37)51-47(39)42)43-21-11-18-40-38-16-6-9-23-46(38)52-48(40)43/h1-30H/i1D,2D,3D,12D,13D. The molecule has 0 aliphatic rings. The van der Waals surface area contributed by atoms with E-state index < -0.39 is 6.04 Å². The van der Waals surface area contributed by atoms with Gasteiger partial charge in [0.05, 0.1) is 29.3 Å². The number of nitrogens with zero attached hydrogens (tertiary/aromatic N) is 2. The highest BCUT2D eigenvalue weighted by atomic mass is 16.3. The van der Waals surface area contributed by atoms with Gasteiger partial charge in [0.15, 0.2) is 11.2 Å². The summed E-state index contributed by atoms with van der Waals surface area (Å²) in [6.07, 6.45) is 0. The number of hydrogen-bond acceptors (Lipinski definition) is 3.